The van der Waals surface area contributed by atoms with Crippen LogP contribution >= 0.6 is 11.8 Å². The Hall–Kier alpha value is -1.82. The number of aromatic amines is 1. The van der Waals surface area contributed by atoms with Crippen LogP contribution in [0.25, 0.3) is 22.3 Å². The molecule has 0 amide bonds. The van der Waals surface area contributed by atoms with Gasteiger partial charge in [-0.05, 0) is 49.0 Å². The van der Waals surface area contributed by atoms with Crippen LogP contribution in [-0.4, -0.2) is 31.3 Å². The summed E-state index contributed by atoms with van der Waals surface area (Å²) >= 11 is 2.01. The molecule has 114 valence electrons. The lowest BCUT2D eigenvalue weighted by molar-refractivity contribution is 0.461. The zero-order valence-electron chi connectivity index (χ0n) is 12.3. The molecule has 1 aromatic carbocycles. The van der Waals surface area contributed by atoms with Crippen molar-refractivity contribution in [3.05, 3.63) is 36.0 Å². The Morgan fingerprint density at radius 3 is 3.18 bits per heavy atom. The van der Waals surface area contributed by atoms with Crippen molar-refractivity contribution < 1.29 is 4.39 Å². The lowest BCUT2D eigenvalue weighted by atomic mass is 10.1. The number of halogens is 1. The number of benzene rings is 1. The van der Waals surface area contributed by atoms with Crippen LogP contribution in [0, 0.1) is 18.7 Å². The van der Waals surface area contributed by atoms with E-state index in [1.54, 1.807) is 6.07 Å². The van der Waals surface area contributed by atoms with E-state index in [0.717, 1.165) is 34.7 Å². The van der Waals surface area contributed by atoms with E-state index in [9.17, 15) is 4.39 Å². The van der Waals surface area contributed by atoms with Gasteiger partial charge in [0.05, 0.1) is 0 Å². The first-order chi connectivity index (χ1) is 10.7. The van der Waals surface area contributed by atoms with Crippen molar-refractivity contribution in [2.75, 3.05) is 11.5 Å². The van der Waals surface area contributed by atoms with Crippen molar-refractivity contribution in [1.29, 1.82) is 0 Å². The van der Waals surface area contributed by atoms with E-state index in [1.165, 1.54) is 30.1 Å². The SMILES string of the molecule is Cc1nc(-c2c[nH]c3cc(F)ccc23)n(CC2CCSC2)n1. The zero-order valence-corrected chi connectivity index (χ0v) is 13.2. The molecule has 1 atom stereocenters. The largest absolute Gasteiger partial charge is 0.360 e. The number of H-pyrrole nitrogens is 1. The summed E-state index contributed by atoms with van der Waals surface area (Å²) < 4.78 is 15.4. The van der Waals surface area contributed by atoms with Crippen LogP contribution < -0.4 is 0 Å². The molecule has 4 nitrogen and oxygen atoms in total. The molecule has 3 aromatic rings. The first kappa shape index (κ1) is 13.8. The summed E-state index contributed by atoms with van der Waals surface area (Å²) in [6, 6.07) is 4.80. The molecule has 1 saturated heterocycles. The van der Waals surface area contributed by atoms with Gasteiger partial charge in [0.15, 0.2) is 5.82 Å². The fourth-order valence-corrected chi connectivity index (χ4v) is 4.31. The summed E-state index contributed by atoms with van der Waals surface area (Å²) in [5.74, 6) is 4.50. The first-order valence-electron chi connectivity index (χ1n) is 7.47. The summed E-state index contributed by atoms with van der Waals surface area (Å²) in [6.07, 6.45) is 3.13. The van der Waals surface area contributed by atoms with Crippen molar-refractivity contribution in [3.63, 3.8) is 0 Å². The number of nitrogens with one attached hydrogen (secondary N) is 1. The molecule has 2 aromatic heterocycles. The van der Waals surface area contributed by atoms with Gasteiger partial charge in [-0.25, -0.2) is 14.1 Å². The standard InChI is InChI=1S/C16H17FN4S/c1-10-19-16(21(20-10)8-11-4-5-22-9-11)14-7-18-15-6-12(17)2-3-13(14)15/h2-3,6-7,11,18H,4-5,8-9H2,1H3. The number of nitrogens with zero attached hydrogens (tertiary/aromatic N) is 3. The normalized spacial score (nSPS) is 18.4. The molecule has 0 aliphatic carbocycles. The van der Waals surface area contributed by atoms with E-state index in [0.29, 0.717) is 5.92 Å². The van der Waals surface area contributed by atoms with Gasteiger partial charge in [-0.1, -0.05) is 0 Å². The second-order valence-corrected chi connectivity index (χ2v) is 6.94. The highest BCUT2D eigenvalue weighted by molar-refractivity contribution is 7.99. The van der Waals surface area contributed by atoms with Crippen LogP contribution in [-0.2, 0) is 6.54 Å². The Morgan fingerprint density at radius 2 is 2.36 bits per heavy atom. The lowest BCUT2D eigenvalue weighted by Gasteiger charge is -2.10. The van der Waals surface area contributed by atoms with Gasteiger partial charge >= 0.3 is 0 Å². The molecule has 0 radical (unpaired) electrons. The van der Waals surface area contributed by atoms with E-state index >= 15 is 0 Å². The average molecular weight is 316 g/mol. The van der Waals surface area contributed by atoms with Crippen molar-refractivity contribution in [2.24, 2.45) is 5.92 Å². The van der Waals surface area contributed by atoms with Crippen molar-refractivity contribution in [3.8, 4) is 11.4 Å². The van der Waals surface area contributed by atoms with Crippen LogP contribution in [0.15, 0.2) is 24.4 Å². The zero-order chi connectivity index (χ0) is 15.1. The third-order valence-electron chi connectivity index (χ3n) is 4.12. The van der Waals surface area contributed by atoms with Crippen LogP contribution in [0.1, 0.15) is 12.2 Å². The van der Waals surface area contributed by atoms with Crippen molar-refractivity contribution in [2.45, 2.75) is 19.9 Å². The molecule has 3 heterocycles. The average Bonchev–Trinajstić information content (AvgIpc) is 3.19. The summed E-state index contributed by atoms with van der Waals surface area (Å²) in [6.45, 7) is 2.81. The predicted octanol–water partition coefficient (Wildman–Crippen LogP) is 3.63. The van der Waals surface area contributed by atoms with Gasteiger partial charge < -0.3 is 4.98 Å². The molecule has 4 rings (SSSR count). The highest BCUT2D eigenvalue weighted by Crippen LogP contribution is 2.30. The summed E-state index contributed by atoms with van der Waals surface area (Å²) in [5, 5.41) is 5.55. The maximum atomic E-state index is 13.3. The number of rotatable bonds is 3. The van der Waals surface area contributed by atoms with E-state index in [-0.39, 0.29) is 5.82 Å². The van der Waals surface area contributed by atoms with Gasteiger partial charge in [-0.2, -0.15) is 16.9 Å². The minimum absolute atomic E-state index is 0.235. The van der Waals surface area contributed by atoms with Crippen molar-refractivity contribution in [1.82, 2.24) is 19.7 Å². The summed E-state index contributed by atoms with van der Waals surface area (Å²) in [4.78, 5) is 7.73. The smallest absolute Gasteiger partial charge is 0.160 e. The van der Waals surface area contributed by atoms with Gasteiger partial charge in [-0.3, -0.25) is 0 Å². The quantitative estimate of drug-likeness (QED) is 0.802. The molecule has 1 fully saturated rings. The molecule has 1 aliphatic heterocycles. The summed E-state index contributed by atoms with van der Waals surface area (Å²) in [7, 11) is 0. The minimum Gasteiger partial charge on any atom is -0.360 e. The number of hydrogen-bond acceptors (Lipinski definition) is 3. The molecule has 0 spiro atoms. The Balaban J connectivity index is 1.77. The first-order valence-corrected chi connectivity index (χ1v) is 8.62. The molecular weight excluding hydrogens is 299 g/mol. The second kappa shape index (κ2) is 5.43. The highest BCUT2D eigenvalue weighted by Gasteiger charge is 2.20. The van der Waals surface area contributed by atoms with E-state index < -0.39 is 0 Å². The number of hydrogen-bond donors (Lipinski definition) is 1. The van der Waals surface area contributed by atoms with E-state index in [1.807, 2.05) is 29.6 Å². The van der Waals surface area contributed by atoms with E-state index in [2.05, 4.69) is 15.1 Å². The highest BCUT2D eigenvalue weighted by atomic mass is 32.2. The van der Waals surface area contributed by atoms with Gasteiger partial charge in [0.2, 0.25) is 0 Å². The minimum atomic E-state index is -0.235. The lowest BCUT2D eigenvalue weighted by Crippen LogP contribution is -2.12. The molecule has 0 saturated carbocycles. The maximum absolute atomic E-state index is 13.3. The van der Waals surface area contributed by atoms with Crippen LogP contribution in [0.5, 0.6) is 0 Å². The van der Waals surface area contributed by atoms with Gasteiger partial charge in [0.25, 0.3) is 0 Å². The molecule has 1 N–H and O–H groups in total. The van der Waals surface area contributed by atoms with Crippen LogP contribution in [0.2, 0.25) is 0 Å². The molecule has 1 aliphatic rings. The number of aromatic nitrogens is 4. The van der Waals surface area contributed by atoms with E-state index in [4.69, 9.17) is 0 Å². The fraction of sp³-hybridized carbons (Fsp3) is 0.375. The van der Waals surface area contributed by atoms with Gasteiger partial charge in [0.1, 0.15) is 11.6 Å². The van der Waals surface area contributed by atoms with Crippen LogP contribution in [0.4, 0.5) is 4.39 Å². The molecule has 0 bridgehead atoms. The van der Waals surface area contributed by atoms with Crippen LogP contribution in [0.3, 0.4) is 0 Å². The predicted molar refractivity (Wildman–Crippen MR) is 87.4 cm³/mol. The van der Waals surface area contributed by atoms with Gasteiger partial charge in [0, 0.05) is 29.2 Å². The monoisotopic (exact) mass is 316 g/mol. The third-order valence-corrected chi connectivity index (χ3v) is 5.35. The Bertz CT molecular complexity index is 817. The second-order valence-electron chi connectivity index (χ2n) is 5.79. The molecule has 6 heteroatoms. The van der Waals surface area contributed by atoms with Crippen molar-refractivity contribution >= 4 is 22.7 Å². The third kappa shape index (κ3) is 2.41. The number of fused-ring (bicyclic) bond motifs is 1. The summed E-state index contributed by atoms with van der Waals surface area (Å²) in [5.41, 5.74) is 1.78. The molecule has 22 heavy (non-hydrogen) atoms. The Morgan fingerprint density at radius 1 is 1.45 bits per heavy atom. The molecular formula is C16H17FN4S. The Kier molecular flexibility index (Phi) is 3.41. The Labute approximate surface area is 132 Å². The fourth-order valence-electron chi connectivity index (χ4n) is 3.04. The number of aryl methyl sites for hydroxylation is 1. The molecule has 1 unspecified atom stereocenters. The number of thioether (sulfide) groups is 1. The maximum Gasteiger partial charge on any atom is 0.160 e. The van der Waals surface area contributed by atoms with Gasteiger partial charge in [-0.15, -0.1) is 0 Å². The topological polar surface area (TPSA) is 46.5 Å².